The number of nitrogens with one attached hydrogen (secondary N) is 1. The molecule has 6 heteroatoms. The van der Waals surface area contributed by atoms with Gasteiger partial charge < -0.3 is 0 Å². The third kappa shape index (κ3) is 2.70. The van der Waals surface area contributed by atoms with Crippen LogP contribution in [0.1, 0.15) is 23.1 Å². The van der Waals surface area contributed by atoms with Gasteiger partial charge in [-0.2, -0.15) is 0 Å². The quantitative estimate of drug-likeness (QED) is 0.857. The Morgan fingerprint density at radius 2 is 2.06 bits per heavy atom. The Balaban J connectivity index is 2.19. The molecule has 0 atom stereocenters. The van der Waals surface area contributed by atoms with Crippen LogP contribution >= 0.6 is 11.8 Å². The van der Waals surface area contributed by atoms with E-state index in [9.17, 15) is 4.79 Å². The average Bonchev–Trinajstić information content (AvgIpc) is 2.73. The summed E-state index contributed by atoms with van der Waals surface area (Å²) in [4.78, 5) is 12.0. The number of aryl methyl sites for hydroxylation is 1. The van der Waals surface area contributed by atoms with E-state index >= 15 is 0 Å². The molecule has 0 fully saturated rings. The topological polar surface area (TPSA) is 59.8 Å². The third-order valence-electron chi connectivity index (χ3n) is 2.32. The summed E-state index contributed by atoms with van der Waals surface area (Å²) in [7, 11) is 0. The molecule has 1 heterocycles. The van der Waals surface area contributed by atoms with Crippen molar-refractivity contribution in [3.63, 3.8) is 0 Å². The van der Waals surface area contributed by atoms with Crippen LogP contribution in [-0.2, 0) is 0 Å². The number of thioether (sulfide) groups is 1. The number of nitrogens with zero attached hydrogens (tertiary/aromatic N) is 3. The number of carbonyl (C=O) groups is 1. The zero-order valence-corrected chi connectivity index (χ0v) is 11.1. The summed E-state index contributed by atoms with van der Waals surface area (Å²) in [5.74, 6) is 1.37. The van der Waals surface area contributed by atoms with Crippen molar-refractivity contribution in [3.8, 4) is 0 Å². The third-order valence-corrected chi connectivity index (χ3v) is 3.13. The largest absolute Gasteiger partial charge is 0.270 e. The van der Waals surface area contributed by atoms with Crippen LogP contribution in [0.2, 0.25) is 0 Å². The van der Waals surface area contributed by atoms with Gasteiger partial charge in [0, 0.05) is 5.56 Å². The van der Waals surface area contributed by atoms with Crippen molar-refractivity contribution in [2.75, 3.05) is 11.2 Å². The van der Waals surface area contributed by atoms with E-state index in [1.807, 2.05) is 25.1 Å². The van der Waals surface area contributed by atoms with Crippen molar-refractivity contribution in [2.24, 2.45) is 0 Å². The molecule has 0 aliphatic carbocycles. The standard InChI is InChI=1S/C12H14N4OS/c1-3-18-12-14-13-9(2)16(12)15-11(17)10-7-5-4-6-8-10/h4-8H,3H2,1-2H3,(H,15,17). The molecule has 0 saturated heterocycles. The summed E-state index contributed by atoms with van der Waals surface area (Å²) in [6, 6.07) is 9.06. The smallest absolute Gasteiger partial charge is 0.267 e. The number of amides is 1. The number of carbonyl (C=O) groups excluding carboxylic acids is 1. The second kappa shape index (κ2) is 5.68. The fraction of sp³-hybridized carbons (Fsp3) is 0.250. The fourth-order valence-electron chi connectivity index (χ4n) is 1.45. The maximum atomic E-state index is 12.0. The molecule has 0 radical (unpaired) electrons. The van der Waals surface area contributed by atoms with E-state index in [1.165, 1.54) is 11.8 Å². The van der Waals surface area contributed by atoms with Gasteiger partial charge in [0.25, 0.3) is 5.91 Å². The normalized spacial score (nSPS) is 10.3. The number of aromatic nitrogens is 3. The lowest BCUT2D eigenvalue weighted by Crippen LogP contribution is -2.24. The molecule has 0 unspecified atom stereocenters. The Labute approximate surface area is 110 Å². The van der Waals surface area contributed by atoms with Crippen molar-refractivity contribution in [1.29, 1.82) is 0 Å². The van der Waals surface area contributed by atoms with Crippen LogP contribution in [-0.4, -0.2) is 26.5 Å². The molecule has 1 amide bonds. The molecule has 0 bridgehead atoms. The number of hydrogen-bond donors (Lipinski definition) is 1. The van der Waals surface area contributed by atoms with Gasteiger partial charge in [-0.15, -0.1) is 10.2 Å². The van der Waals surface area contributed by atoms with Gasteiger partial charge in [0.05, 0.1) is 0 Å². The lowest BCUT2D eigenvalue weighted by molar-refractivity contribution is 0.101. The van der Waals surface area contributed by atoms with E-state index < -0.39 is 0 Å². The second-order valence-corrected chi connectivity index (χ2v) is 4.84. The van der Waals surface area contributed by atoms with Gasteiger partial charge in [-0.1, -0.05) is 36.9 Å². The van der Waals surface area contributed by atoms with E-state index in [-0.39, 0.29) is 5.91 Å². The summed E-state index contributed by atoms with van der Waals surface area (Å²) in [5, 5.41) is 8.67. The predicted molar refractivity (Wildman–Crippen MR) is 71.3 cm³/mol. The first-order valence-corrected chi connectivity index (χ1v) is 6.62. The minimum absolute atomic E-state index is 0.170. The Morgan fingerprint density at radius 1 is 1.33 bits per heavy atom. The van der Waals surface area contributed by atoms with Crippen molar-refractivity contribution in [1.82, 2.24) is 14.9 Å². The highest BCUT2D eigenvalue weighted by Crippen LogP contribution is 2.14. The second-order valence-electron chi connectivity index (χ2n) is 3.61. The van der Waals surface area contributed by atoms with Crippen LogP contribution in [0.15, 0.2) is 35.5 Å². The van der Waals surface area contributed by atoms with Crippen molar-refractivity contribution in [2.45, 2.75) is 19.0 Å². The van der Waals surface area contributed by atoms with Gasteiger partial charge in [0.1, 0.15) is 5.82 Å². The first-order chi connectivity index (χ1) is 8.72. The summed E-state index contributed by atoms with van der Waals surface area (Å²) in [5.41, 5.74) is 3.40. The van der Waals surface area contributed by atoms with Gasteiger partial charge in [0.15, 0.2) is 0 Å². The molecular weight excluding hydrogens is 248 g/mol. The Morgan fingerprint density at radius 3 is 2.72 bits per heavy atom. The number of benzene rings is 1. The summed E-state index contributed by atoms with van der Waals surface area (Å²) in [6.45, 7) is 3.83. The zero-order chi connectivity index (χ0) is 13.0. The Bertz CT molecular complexity index is 538. The first-order valence-electron chi connectivity index (χ1n) is 5.63. The molecule has 0 aliphatic rings. The van der Waals surface area contributed by atoms with Crippen LogP contribution < -0.4 is 5.43 Å². The van der Waals surface area contributed by atoms with Crippen LogP contribution in [0.4, 0.5) is 0 Å². The van der Waals surface area contributed by atoms with Gasteiger partial charge in [-0.25, -0.2) is 4.68 Å². The molecule has 0 spiro atoms. The van der Waals surface area contributed by atoms with E-state index in [2.05, 4.69) is 15.6 Å². The molecule has 0 saturated carbocycles. The fourth-order valence-corrected chi connectivity index (χ4v) is 2.11. The van der Waals surface area contributed by atoms with Crippen molar-refractivity contribution in [3.05, 3.63) is 41.7 Å². The van der Waals surface area contributed by atoms with Gasteiger partial charge in [-0.3, -0.25) is 10.2 Å². The maximum Gasteiger partial charge on any atom is 0.270 e. The molecule has 2 rings (SSSR count). The van der Waals surface area contributed by atoms with Crippen molar-refractivity contribution < 1.29 is 4.79 Å². The maximum absolute atomic E-state index is 12.0. The van der Waals surface area contributed by atoms with E-state index in [0.717, 1.165) is 5.75 Å². The van der Waals surface area contributed by atoms with Gasteiger partial charge in [0.2, 0.25) is 5.16 Å². The summed E-state index contributed by atoms with van der Waals surface area (Å²) < 4.78 is 1.61. The predicted octanol–water partition coefficient (Wildman–Crippen LogP) is 2.08. The van der Waals surface area contributed by atoms with Crippen LogP contribution in [0, 0.1) is 6.92 Å². The Hall–Kier alpha value is -1.82. The molecule has 1 aromatic carbocycles. The van der Waals surface area contributed by atoms with E-state index in [4.69, 9.17) is 0 Å². The van der Waals surface area contributed by atoms with Crippen molar-refractivity contribution >= 4 is 17.7 Å². The monoisotopic (exact) mass is 262 g/mol. The lowest BCUT2D eigenvalue weighted by Gasteiger charge is -2.09. The average molecular weight is 262 g/mol. The van der Waals surface area contributed by atoms with Crippen LogP contribution in [0.5, 0.6) is 0 Å². The Kier molecular flexibility index (Phi) is 3.99. The molecular formula is C12H14N4OS. The molecule has 1 aromatic heterocycles. The molecule has 18 heavy (non-hydrogen) atoms. The SMILES string of the molecule is CCSc1nnc(C)n1NC(=O)c1ccccc1. The van der Waals surface area contributed by atoms with E-state index in [0.29, 0.717) is 16.5 Å². The minimum Gasteiger partial charge on any atom is -0.267 e. The minimum atomic E-state index is -0.170. The number of rotatable bonds is 4. The highest BCUT2D eigenvalue weighted by atomic mass is 32.2. The van der Waals surface area contributed by atoms with Gasteiger partial charge >= 0.3 is 0 Å². The lowest BCUT2D eigenvalue weighted by atomic mass is 10.2. The zero-order valence-electron chi connectivity index (χ0n) is 10.3. The number of hydrogen-bond acceptors (Lipinski definition) is 4. The van der Waals surface area contributed by atoms with Gasteiger partial charge in [-0.05, 0) is 24.8 Å². The molecule has 2 aromatic rings. The first kappa shape index (κ1) is 12.6. The summed E-state index contributed by atoms with van der Waals surface area (Å²) >= 11 is 1.53. The highest BCUT2D eigenvalue weighted by Gasteiger charge is 2.12. The van der Waals surface area contributed by atoms with E-state index in [1.54, 1.807) is 23.7 Å². The molecule has 94 valence electrons. The van der Waals surface area contributed by atoms with Crippen LogP contribution in [0.3, 0.4) is 0 Å². The molecule has 0 aliphatic heterocycles. The molecule has 1 N–H and O–H groups in total. The summed E-state index contributed by atoms with van der Waals surface area (Å²) in [6.07, 6.45) is 0. The highest BCUT2D eigenvalue weighted by molar-refractivity contribution is 7.99. The van der Waals surface area contributed by atoms with Crippen LogP contribution in [0.25, 0.3) is 0 Å². The molecule has 5 nitrogen and oxygen atoms in total.